The molecule has 0 aliphatic rings. The Kier molecular flexibility index (Phi) is 5.31. The maximum absolute atomic E-state index is 10.1. The van der Waals surface area contributed by atoms with E-state index in [0.717, 1.165) is 16.8 Å². The Morgan fingerprint density at radius 3 is 2.57 bits per heavy atom. The molecule has 21 heavy (non-hydrogen) atoms. The van der Waals surface area contributed by atoms with Gasteiger partial charge in [0, 0.05) is 12.2 Å². The molecule has 2 rings (SSSR count). The van der Waals surface area contributed by atoms with Crippen LogP contribution in [0.25, 0.3) is 0 Å². The fourth-order valence-corrected chi connectivity index (χ4v) is 2.21. The van der Waals surface area contributed by atoms with E-state index in [1.807, 2.05) is 44.2 Å². The molecule has 0 radical (unpaired) electrons. The van der Waals surface area contributed by atoms with Gasteiger partial charge in [-0.2, -0.15) is 0 Å². The quantitative estimate of drug-likeness (QED) is 0.758. The maximum Gasteiger partial charge on any atom is 0.170 e. The minimum Gasteiger partial charge on any atom is -0.387 e. The summed E-state index contributed by atoms with van der Waals surface area (Å²) < 4.78 is 0. The van der Waals surface area contributed by atoms with E-state index in [1.165, 1.54) is 5.56 Å². The lowest BCUT2D eigenvalue weighted by Gasteiger charge is -2.16. The van der Waals surface area contributed by atoms with Gasteiger partial charge in [0.1, 0.15) is 0 Å². The molecule has 0 bridgehead atoms. The summed E-state index contributed by atoms with van der Waals surface area (Å²) in [4.78, 5) is 0. The van der Waals surface area contributed by atoms with Crippen molar-refractivity contribution in [1.29, 1.82) is 0 Å². The first-order chi connectivity index (χ1) is 10.1. The normalized spacial score (nSPS) is 11.8. The molecule has 0 heterocycles. The van der Waals surface area contributed by atoms with Crippen LogP contribution in [0.1, 0.15) is 22.8 Å². The number of hydrogen-bond acceptors (Lipinski definition) is 2. The molecule has 1 atom stereocenters. The Labute approximate surface area is 131 Å². The molecule has 0 aliphatic carbocycles. The van der Waals surface area contributed by atoms with Crippen molar-refractivity contribution >= 4 is 23.0 Å². The summed E-state index contributed by atoms with van der Waals surface area (Å²) in [6, 6.07) is 15.7. The standard InChI is InChI=1S/C17H20N2OS/c1-12-8-9-13(2)15(10-12)19-17(21)18-11-16(20)14-6-4-3-5-7-14/h3-10,16,20H,11H2,1-2H3,(H2,18,19,21)/t16-/m1/s1. The summed E-state index contributed by atoms with van der Waals surface area (Å²) in [6.45, 7) is 4.45. The Balaban J connectivity index is 1.89. The van der Waals surface area contributed by atoms with Crippen molar-refractivity contribution in [3.05, 3.63) is 65.2 Å². The van der Waals surface area contributed by atoms with Gasteiger partial charge in [-0.1, -0.05) is 42.5 Å². The third kappa shape index (κ3) is 4.55. The van der Waals surface area contributed by atoms with Gasteiger partial charge in [-0.25, -0.2) is 0 Å². The van der Waals surface area contributed by atoms with Gasteiger partial charge >= 0.3 is 0 Å². The van der Waals surface area contributed by atoms with Crippen LogP contribution in [-0.4, -0.2) is 16.8 Å². The molecule has 110 valence electrons. The predicted molar refractivity (Wildman–Crippen MR) is 91.5 cm³/mol. The molecule has 0 saturated heterocycles. The second kappa shape index (κ2) is 7.20. The number of thiocarbonyl (C=S) groups is 1. The molecule has 0 aliphatic heterocycles. The van der Waals surface area contributed by atoms with E-state index in [-0.39, 0.29) is 0 Å². The minimum absolute atomic E-state index is 0.376. The average molecular weight is 300 g/mol. The first-order valence-corrected chi connectivity index (χ1v) is 7.32. The van der Waals surface area contributed by atoms with Crippen molar-refractivity contribution in [3.63, 3.8) is 0 Å². The van der Waals surface area contributed by atoms with Gasteiger partial charge in [0.25, 0.3) is 0 Å². The van der Waals surface area contributed by atoms with Crippen LogP contribution in [0.15, 0.2) is 48.5 Å². The van der Waals surface area contributed by atoms with Gasteiger partial charge in [0.05, 0.1) is 6.10 Å². The van der Waals surface area contributed by atoms with Crippen molar-refractivity contribution < 1.29 is 5.11 Å². The fraction of sp³-hybridized carbons (Fsp3) is 0.235. The largest absolute Gasteiger partial charge is 0.387 e. The number of rotatable bonds is 4. The first-order valence-electron chi connectivity index (χ1n) is 6.91. The Morgan fingerprint density at radius 1 is 1.14 bits per heavy atom. The highest BCUT2D eigenvalue weighted by Gasteiger charge is 2.08. The molecule has 0 unspecified atom stereocenters. The zero-order valence-electron chi connectivity index (χ0n) is 12.3. The van der Waals surface area contributed by atoms with Crippen LogP contribution in [0.2, 0.25) is 0 Å². The summed E-state index contributed by atoms with van der Waals surface area (Å²) >= 11 is 5.27. The zero-order chi connectivity index (χ0) is 15.2. The third-order valence-corrected chi connectivity index (χ3v) is 3.53. The number of anilines is 1. The summed E-state index contributed by atoms with van der Waals surface area (Å²) in [7, 11) is 0. The fourth-order valence-electron chi connectivity index (χ4n) is 2.02. The van der Waals surface area contributed by atoms with Crippen molar-refractivity contribution in [1.82, 2.24) is 5.32 Å². The van der Waals surface area contributed by atoms with Crippen LogP contribution >= 0.6 is 12.2 Å². The third-order valence-electron chi connectivity index (χ3n) is 3.28. The van der Waals surface area contributed by atoms with Gasteiger partial charge < -0.3 is 15.7 Å². The van der Waals surface area contributed by atoms with Gasteiger partial charge in [-0.3, -0.25) is 0 Å². The van der Waals surface area contributed by atoms with Crippen LogP contribution in [0.5, 0.6) is 0 Å². The molecule has 0 fully saturated rings. The molecule has 3 nitrogen and oxygen atoms in total. The zero-order valence-corrected chi connectivity index (χ0v) is 13.1. The smallest absolute Gasteiger partial charge is 0.170 e. The van der Waals surface area contributed by atoms with Crippen LogP contribution in [0.4, 0.5) is 5.69 Å². The van der Waals surface area contributed by atoms with Gasteiger partial charge in [0.2, 0.25) is 0 Å². The Morgan fingerprint density at radius 2 is 1.86 bits per heavy atom. The first kappa shape index (κ1) is 15.5. The topological polar surface area (TPSA) is 44.3 Å². The molecule has 4 heteroatoms. The molecular weight excluding hydrogens is 280 g/mol. The van der Waals surface area contributed by atoms with E-state index in [1.54, 1.807) is 0 Å². The molecule has 2 aromatic rings. The maximum atomic E-state index is 10.1. The monoisotopic (exact) mass is 300 g/mol. The Hall–Kier alpha value is -1.91. The summed E-state index contributed by atoms with van der Waals surface area (Å²) in [6.07, 6.45) is -0.579. The van der Waals surface area contributed by atoms with E-state index in [9.17, 15) is 5.11 Å². The second-order valence-corrected chi connectivity index (χ2v) is 5.49. The van der Waals surface area contributed by atoms with E-state index >= 15 is 0 Å². The molecule has 0 aromatic heterocycles. The van der Waals surface area contributed by atoms with Crippen molar-refractivity contribution in [2.24, 2.45) is 0 Å². The molecule has 3 N–H and O–H groups in total. The summed E-state index contributed by atoms with van der Waals surface area (Å²) in [5, 5.41) is 16.8. The van der Waals surface area contributed by atoms with Crippen molar-refractivity contribution in [2.45, 2.75) is 20.0 Å². The van der Waals surface area contributed by atoms with Crippen molar-refractivity contribution in [2.75, 3.05) is 11.9 Å². The molecular formula is C17H20N2OS. The van der Waals surface area contributed by atoms with Gasteiger partial charge in [-0.15, -0.1) is 0 Å². The lowest BCUT2D eigenvalue weighted by molar-refractivity contribution is 0.181. The SMILES string of the molecule is Cc1ccc(C)c(NC(=S)NC[C@@H](O)c2ccccc2)c1. The van der Waals surface area contributed by atoms with Gasteiger partial charge in [0.15, 0.2) is 5.11 Å². The number of aliphatic hydroxyl groups excluding tert-OH is 1. The van der Waals surface area contributed by atoms with Crippen LogP contribution in [0, 0.1) is 13.8 Å². The molecule has 0 saturated carbocycles. The van der Waals surface area contributed by atoms with Crippen LogP contribution < -0.4 is 10.6 Å². The molecule has 0 amide bonds. The number of benzene rings is 2. The molecule has 0 spiro atoms. The van der Waals surface area contributed by atoms with E-state index < -0.39 is 6.10 Å². The highest BCUT2D eigenvalue weighted by Crippen LogP contribution is 2.16. The Bertz CT molecular complexity index is 613. The van der Waals surface area contributed by atoms with E-state index in [2.05, 4.69) is 28.8 Å². The lowest BCUT2D eigenvalue weighted by atomic mass is 10.1. The summed E-state index contributed by atoms with van der Waals surface area (Å²) in [5.74, 6) is 0. The van der Waals surface area contributed by atoms with E-state index in [4.69, 9.17) is 12.2 Å². The molecule has 2 aromatic carbocycles. The van der Waals surface area contributed by atoms with E-state index in [0.29, 0.717) is 11.7 Å². The number of hydrogen-bond donors (Lipinski definition) is 3. The van der Waals surface area contributed by atoms with Gasteiger partial charge in [-0.05, 0) is 48.8 Å². The minimum atomic E-state index is -0.579. The number of aliphatic hydroxyl groups is 1. The van der Waals surface area contributed by atoms with Crippen molar-refractivity contribution in [3.8, 4) is 0 Å². The lowest BCUT2D eigenvalue weighted by Crippen LogP contribution is -2.32. The summed E-state index contributed by atoms with van der Waals surface area (Å²) in [5.41, 5.74) is 4.17. The second-order valence-electron chi connectivity index (χ2n) is 5.08. The highest BCUT2D eigenvalue weighted by atomic mass is 32.1. The average Bonchev–Trinajstić information content (AvgIpc) is 2.49. The predicted octanol–water partition coefficient (Wildman–Crippen LogP) is 3.32. The number of nitrogens with one attached hydrogen (secondary N) is 2. The highest BCUT2D eigenvalue weighted by molar-refractivity contribution is 7.80. The van der Waals surface area contributed by atoms with Crippen LogP contribution in [-0.2, 0) is 0 Å². The van der Waals surface area contributed by atoms with Crippen LogP contribution in [0.3, 0.4) is 0 Å². The number of aryl methyl sites for hydroxylation is 2.